The summed E-state index contributed by atoms with van der Waals surface area (Å²) in [7, 11) is 1.25. The third-order valence-electron chi connectivity index (χ3n) is 4.71. The van der Waals surface area contributed by atoms with Gasteiger partial charge in [-0.3, -0.25) is 4.79 Å². The number of alkyl halides is 6. The van der Waals surface area contributed by atoms with Crippen molar-refractivity contribution in [2.75, 3.05) is 7.05 Å². The average molecular weight is 500 g/mol. The fourth-order valence-corrected chi connectivity index (χ4v) is 3.37. The highest BCUT2D eigenvalue weighted by Gasteiger charge is 2.37. The van der Waals surface area contributed by atoms with Gasteiger partial charge in [0.25, 0.3) is 0 Å². The maximum atomic E-state index is 13.0. The summed E-state index contributed by atoms with van der Waals surface area (Å²) in [4.78, 5) is 24.7. The Morgan fingerprint density at radius 1 is 0.969 bits per heavy atom. The van der Waals surface area contributed by atoms with Gasteiger partial charge in [0.1, 0.15) is 6.29 Å². The fourth-order valence-electron chi connectivity index (χ4n) is 3.06. The summed E-state index contributed by atoms with van der Waals surface area (Å²) >= 11 is 11.8. The van der Waals surface area contributed by atoms with Crippen molar-refractivity contribution < 1.29 is 35.9 Å². The largest absolute Gasteiger partial charge is 0.416 e. The minimum Gasteiger partial charge on any atom is -0.341 e. The molecular formula is C21H17Cl2F6NO2. The number of nitrogens with zero attached hydrogens (tertiary/aromatic N) is 1. The number of rotatable bonds is 7. The molecule has 1 amide bonds. The lowest BCUT2D eigenvalue weighted by atomic mass is 9.92. The van der Waals surface area contributed by atoms with Crippen molar-refractivity contribution in [3.05, 3.63) is 68.7 Å². The van der Waals surface area contributed by atoms with Crippen LogP contribution in [0.1, 0.15) is 41.0 Å². The zero-order valence-electron chi connectivity index (χ0n) is 16.5. The van der Waals surface area contributed by atoms with E-state index in [1.165, 1.54) is 19.2 Å². The van der Waals surface area contributed by atoms with Gasteiger partial charge in [0.05, 0.1) is 21.2 Å². The van der Waals surface area contributed by atoms with E-state index < -0.39 is 41.8 Å². The lowest BCUT2D eigenvalue weighted by Gasteiger charge is -2.22. The molecule has 174 valence electrons. The second-order valence-electron chi connectivity index (χ2n) is 7.14. The molecular weight excluding hydrogens is 483 g/mol. The van der Waals surface area contributed by atoms with Crippen molar-refractivity contribution in [1.82, 2.24) is 4.90 Å². The molecule has 2 aromatic carbocycles. The highest BCUT2D eigenvalue weighted by molar-refractivity contribution is 6.42. The Morgan fingerprint density at radius 2 is 1.53 bits per heavy atom. The molecule has 0 N–H and O–H groups in total. The second kappa shape index (κ2) is 10.1. The summed E-state index contributed by atoms with van der Waals surface area (Å²) < 4.78 is 78.2. The number of hydrogen-bond donors (Lipinski definition) is 0. The van der Waals surface area contributed by atoms with Crippen LogP contribution < -0.4 is 0 Å². The van der Waals surface area contributed by atoms with Crippen LogP contribution in [0.5, 0.6) is 0 Å². The number of hydrogen-bond acceptors (Lipinski definition) is 2. The summed E-state index contributed by atoms with van der Waals surface area (Å²) in [6, 6.07) is 5.73. The van der Waals surface area contributed by atoms with Gasteiger partial charge in [0.15, 0.2) is 0 Å². The predicted molar refractivity (Wildman–Crippen MR) is 107 cm³/mol. The van der Waals surface area contributed by atoms with E-state index >= 15 is 0 Å². The topological polar surface area (TPSA) is 37.4 Å². The molecule has 1 atom stereocenters. The fraction of sp³-hybridized carbons (Fsp3) is 0.333. The number of amides is 1. The minimum absolute atomic E-state index is 0.0235. The van der Waals surface area contributed by atoms with Gasteiger partial charge in [-0.05, 0) is 47.4 Å². The molecule has 0 radical (unpaired) electrons. The van der Waals surface area contributed by atoms with E-state index in [2.05, 4.69) is 0 Å². The summed E-state index contributed by atoms with van der Waals surface area (Å²) in [5.74, 6) is -1.17. The molecule has 2 rings (SSSR count). The molecule has 0 aliphatic rings. The van der Waals surface area contributed by atoms with Crippen molar-refractivity contribution >= 4 is 35.4 Å². The van der Waals surface area contributed by atoms with Crippen molar-refractivity contribution in [1.29, 1.82) is 0 Å². The van der Waals surface area contributed by atoms with Gasteiger partial charge in [-0.1, -0.05) is 29.3 Å². The summed E-state index contributed by atoms with van der Waals surface area (Å²) in [5, 5.41) is 0.484. The third kappa shape index (κ3) is 6.87. The van der Waals surface area contributed by atoms with Gasteiger partial charge in [0.2, 0.25) is 5.91 Å². The molecule has 3 nitrogen and oxygen atoms in total. The Hall–Kier alpha value is -2.26. The first-order valence-electron chi connectivity index (χ1n) is 9.13. The lowest BCUT2D eigenvalue weighted by molar-refractivity contribution is -0.143. The van der Waals surface area contributed by atoms with Crippen LogP contribution in [0.15, 0.2) is 36.4 Å². The summed E-state index contributed by atoms with van der Waals surface area (Å²) in [6.45, 7) is -0.485. The Labute approximate surface area is 189 Å². The third-order valence-corrected chi connectivity index (χ3v) is 5.45. The van der Waals surface area contributed by atoms with Gasteiger partial charge in [0, 0.05) is 26.4 Å². The van der Waals surface area contributed by atoms with Gasteiger partial charge < -0.3 is 9.69 Å². The van der Waals surface area contributed by atoms with Crippen LogP contribution in [0.3, 0.4) is 0 Å². The SMILES string of the molecule is CN(Cc1cc(C(F)(F)F)cc(C(F)(F)F)c1)C(=O)CC(CC=O)c1ccc(Cl)c(Cl)c1. The van der Waals surface area contributed by atoms with Crippen molar-refractivity contribution in [3.63, 3.8) is 0 Å². The second-order valence-corrected chi connectivity index (χ2v) is 7.96. The van der Waals surface area contributed by atoms with Crippen LogP contribution in [-0.2, 0) is 28.5 Å². The van der Waals surface area contributed by atoms with E-state index in [-0.39, 0.29) is 34.5 Å². The molecule has 0 saturated carbocycles. The molecule has 32 heavy (non-hydrogen) atoms. The molecule has 1 unspecified atom stereocenters. The maximum Gasteiger partial charge on any atom is 0.416 e. The smallest absolute Gasteiger partial charge is 0.341 e. The molecule has 0 fully saturated rings. The summed E-state index contributed by atoms with van der Waals surface area (Å²) in [5.41, 5.74) is -2.70. The van der Waals surface area contributed by atoms with Crippen molar-refractivity contribution in [2.24, 2.45) is 0 Å². The lowest BCUT2D eigenvalue weighted by Crippen LogP contribution is -2.28. The van der Waals surface area contributed by atoms with Crippen molar-refractivity contribution in [3.8, 4) is 0 Å². The Kier molecular flexibility index (Phi) is 8.22. The number of carbonyl (C=O) groups excluding carboxylic acids is 2. The quantitative estimate of drug-likeness (QED) is 0.312. The van der Waals surface area contributed by atoms with Crippen LogP contribution in [-0.4, -0.2) is 24.1 Å². The number of halogens is 8. The minimum atomic E-state index is -4.98. The van der Waals surface area contributed by atoms with E-state index in [0.717, 1.165) is 4.90 Å². The number of benzene rings is 2. The van der Waals surface area contributed by atoms with E-state index in [1.54, 1.807) is 6.07 Å². The first-order chi connectivity index (χ1) is 14.7. The van der Waals surface area contributed by atoms with Crippen LogP contribution >= 0.6 is 23.2 Å². The standard InChI is InChI=1S/C21H17Cl2F6NO2/c1-30(11-12-6-15(20(24,25)26)10-16(7-12)21(27,28)29)19(32)9-14(4-5-31)13-2-3-17(22)18(23)8-13/h2-3,5-8,10,14H,4,9,11H2,1H3. The number of aldehydes is 1. The van der Waals surface area contributed by atoms with E-state index in [4.69, 9.17) is 23.2 Å². The van der Waals surface area contributed by atoms with Gasteiger partial charge in [-0.25, -0.2) is 0 Å². The monoisotopic (exact) mass is 499 g/mol. The normalized spacial score (nSPS) is 13.0. The predicted octanol–water partition coefficient (Wildman–Crippen LogP) is 6.75. The Bertz CT molecular complexity index is 959. The van der Waals surface area contributed by atoms with Crippen LogP contribution in [0.25, 0.3) is 0 Å². The van der Waals surface area contributed by atoms with Gasteiger partial charge in [-0.15, -0.1) is 0 Å². The van der Waals surface area contributed by atoms with E-state index in [1.807, 2.05) is 0 Å². The van der Waals surface area contributed by atoms with E-state index in [9.17, 15) is 35.9 Å². The molecule has 0 aromatic heterocycles. The van der Waals surface area contributed by atoms with Crippen LogP contribution in [0, 0.1) is 0 Å². The first-order valence-corrected chi connectivity index (χ1v) is 9.89. The molecule has 0 heterocycles. The molecule has 0 aliphatic heterocycles. The van der Waals surface area contributed by atoms with Gasteiger partial charge >= 0.3 is 12.4 Å². The highest BCUT2D eigenvalue weighted by atomic mass is 35.5. The average Bonchev–Trinajstić information content (AvgIpc) is 2.68. The molecule has 0 spiro atoms. The zero-order valence-corrected chi connectivity index (χ0v) is 18.0. The zero-order chi connectivity index (χ0) is 24.3. The van der Waals surface area contributed by atoms with Crippen molar-refractivity contribution in [2.45, 2.75) is 37.7 Å². The van der Waals surface area contributed by atoms with E-state index in [0.29, 0.717) is 24.0 Å². The van der Waals surface area contributed by atoms with Gasteiger partial charge in [-0.2, -0.15) is 26.3 Å². The number of carbonyl (C=O) groups is 2. The molecule has 0 bridgehead atoms. The van der Waals surface area contributed by atoms with Crippen LogP contribution in [0.2, 0.25) is 10.0 Å². The highest BCUT2D eigenvalue weighted by Crippen LogP contribution is 2.37. The Balaban J connectivity index is 2.25. The molecule has 0 saturated heterocycles. The Morgan fingerprint density at radius 3 is 2.00 bits per heavy atom. The molecule has 0 aliphatic carbocycles. The first kappa shape index (κ1) is 26.0. The van der Waals surface area contributed by atoms with Crippen LogP contribution in [0.4, 0.5) is 26.3 Å². The maximum absolute atomic E-state index is 13.0. The molecule has 11 heteroatoms. The molecule has 2 aromatic rings. The summed E-state index contributed by atoms with van der Waals surface area (Å²) in [6.07, 6.45) is -9.62.